The number of carbonyl (C=O) groups is 2. The molecule has 0 aliphatic heterocycles. The van der Waals surface area contributed by atoms with Crippen LogP contribution in [0.2, 0.25) is 0 Å². The van der Waals surface area contributed by atoms with Crippen molar-refractivity contribution in [2.45, 2.75) is 53.9 Å². The fraction of sp³-hybridized carbons (Fsp3) is 0.395. The maximum absolute atomic E-state index is 16.1. The van der Waals surface area contributed by atoms with Gasteiger partial charge in [0.05, 0.1) is 55.9 Å². The zero-order valence-corrected chi connectivity index (χ0v) is 33.6. The van der Waals surface area contributed by atoms with Crippen molar-refractivity contribution in [3.8, 4) is 0 Å². The number of amides is 2. The van der Waals surface area contributed by atoms with Crippen molar-refractivity contribution >= 4 is 34.6 Å². The minimum absolute atomic E-state index is 0.0381. The first kappa shape index (κ1) is 41.6. The molecule has 298 valence electrons. The summed E-state index contributed by atoms with van der Waals surface area (Å²) in [6.45, 7) is 11.7. The van der Waals surface area contributed by atoms with Crippen LogP contribution in [-0.2, 0) is 40.4 Å². The maximum Gasteiger partial charge on any atom is 0.261 e. The minimum atomic E-state index is -0.617. The van der Waals surface area contributed by atoms with Crippen LogP contribution >= 0.6 is 0 Å². The summed E-state index contributed by atoms with van der Waals surface area (Å²) in [6, 6.07) is 20.2. The number of aromatic nitrogens is 4. The second-order valence-corrected chi connectivity index (χ2v) is 14.7. The van der Waals surface area contributed by atoms with Crippen LogP contribution in [0.1, 0.15) is 55.0 Å². The number of rotatable bonds is 20. The Kier molecular flexibility index (Phi) is 14.8. The van der Waals surface area contributed by atoms with Crippen molar-refractivity contribution in [1.82, 2.24) is 19.5 Å². The Morgan fingerprint density at radius 3 is 2.21 bits per heavy atom. The molecule has 0 saturated carbocycles. The summed E-state index contributed by atoms with van der Waals surface area (Å²) >= 11 is 0. The Morgan fingerprint density at radius 1 is 0.857 bits per heavy atom. The topological polar surface area (TPSA) is 112 Å². The Bertz CT molecular complexity index is 2010. The number of hydrogen-bond donors (Lipinski definition) is 1. The van der Waals surface area contributed by atoms with E-state index in [9.17, 15) is 9.59 Å². The molecular weight excluding hydrogens is 712 g/mol. The van der Waals surface area contributed by atoms with Crippen LogP contribution < -0.4 is 19.6 Å². The number of H-pyrrole nitrogens is 1. The van der Waals surface area contributed by atoms with Gasteiger partial charge in [0, 0.05) is 88.5 Å². The fourth-order valence-electron chi connectivity index (χ4n) is 6.44. The highest BCUT2D eigenvalue weighted by molar-refractivity contribution is 6.06. The molecule has 56 heavy (non-hydrogen) atoms. The van der Waals surface area contributed by atoms with Crippen molar-refractivity contribution in [3.05, 3.63) is 120 Å². The van der Waals surface area contributed by atoms with E-state index in [2.05, 4.69) is 38.6 Å². The van der Waals surface area contributed by atoms with Crippen LogP contribution in [0.25, 0.3) is 0 Å². The lowest BCUT2D eigenvalue weighted by Gasteiger charge is -2.29. The van der Waals surface area contributed by atoms with E-state index in [0.717, 1.165) is 28.5 Å². The molecule has 2 aromatic heterocycles. The number of imidazole rings is 2. The first-order chi connectivity index (χ1) is 27.0. The van der Waals surface area contributed by atoms with E-state index >= 15 is 4.39 Å². The lowest BCUT2D eigenvalue weighted by Crippen LogP contribution is -2.37. The first-order valence-electron chi connectivity index (χ1n) is 19.0. The van der Waals surface area contributed by atoms with Crippen molar-refractivity contribution < 1.29 is 23.5 Å². The number of aromatic amines is 1. The molecule has 0 unspecified atom stereocenters. The van der Waals surface area contributed by atoms with Gasteiger partial charge in [-0.25, -0.2) is 14.4 Å². The van der Waals surface area contributed by atoms with Crippen molar-refractivity contribution in [2.24, 2.45) is 11.8 Å². The van der Waals surface area contributed by atoms with Crippen molar-refractivity contribution in [3.63, 3.8) is 0 Å². The fourth-order valence-corrected chi connectivity index (χ4v) is 6.44. The van der Waals surface area contributed by atoms with Gasteiger partial charge in [-0.15, -0.1) is 0 Å². The lowest BCUT2D eigenvalue weighted by molar-refractivity contribution is -0.121. The van der Waals surface area contributed by atoms with Gasteiger partial charge in [-0.05, 0) is 60.0 Å². The smallest absolute Gasteiger partial charge is 0.261 e. The molecule has 0 spiro atoms. The van der Waals surface area contributed by atoms with Crippen LogP contribution in [0, 0.1) is 17.7 Å². The molecule has 0 aliphatic rings. The van der Waals surface area contributed by atoms with Gasteiger partial charge in [0.25, 0.3) is 5.91 Å². The zero-order chi connectivity index (χ0) is 40.2. The van der Waals surface area contributed by atoms with Gasteiger partial charge in [0.2, 0.25) is 5.91 Å². The van der Waals surface area contributed by atoms with Crippen molar-refractivity contribution in [2.75, 3.05) is 67.2 Å². The quantitative estimate of drug-likeness (QED) is 0.0888. The van der Waals surface area contributed by atoms with E-state index in [1.54, 1.807) is 50.1 Å². The van der Waals surface area contributed by atoms with Crippen LogP contribution in [-0.4, -0.2) is 78.9 Å². The normalized spacial score (nSPS) is 11.3. The van der Waals surface area contributed by atoms with Gasteiger partial charge in [0.1, 0.15) is 5.82 Å². The number of halogens is 1. The summed E-state index contributed by atoms with van der Waals surface area (Å²) in [4.78, 5) is 46.8. The van der Waals surface area contributed by atoms with Crippen molar-refractivity contribution in [1.29, 1.82) is 0 Å². The molecule has 0 aliphatic carbocycles. The first-order valence-corrected chi connectivity index (χ1v) is 19.0. The number of carbonyl (C=O) groups excluding carboxylic acids is 2. The predicted octanol–water partition coefficient (Wildman–Crippen LogP) is 7.17. The van der Waals surface area contributed by atoms with Gasteiger partial charge in [-0.2, -0.15) is 0 Å². The van der Waals surface area contributed by atoms with E-state index in [-0.39, 0.29) is 36.5 Å². The average Bonchev–Trinajstić information content (AvgIpc) is 3.88. The monoisotopic (exact) mass is 766 g/mol. The molecule has 0 radical (unpaired) electrons. The van der Waals surface area contributed by atoms with Crippen LogP contribution in [0.15, 0.2) is 91.8 Å². The second-order valence-electron chi connectivity index (χ2n) is 14.7. The summed E-state index contributed by atoms with van der Waals surface area (Å²) in [5, 5.41) is 0. The molecule has 13 heteroatoms. The largest absolute Gasteiger partial charge is 0.383 e. The number of benzene rings is 3. The third kappa shape index (κ3) is 11.0. The van der Waals surface area contributed by atoms with E-state index in [4.69, 9.17) is 9.47 Å². The predicted molar refractivity (Wildman–Crippen MR) is 220 cm³/mol. The molecule has 2 amide bonds. The van der Waals surface area contributed by atoms with Crippen LogP contribution in [0.3, 0.4) is 0 Å². The number of methoxy groups -OCH3 is 2. The van der Waals surface area contributed by atoms with Gasteiger partial charge in [0.15, 0.2) is 0 Å². The van der Waals surface area contributed by atoms with Gasteiger partial charge >= 0.3 is 0 Å². The van der Waals surface area contributed by atoms with Gasteiger partial charge < -0.3 is 38.6 Å². The third-order valence-electron chi connectivity index (χ3n) is 9.35. The maximum atomic E-state index is 16.1. The molecule has 0 atom stereocenters. The third-order valence-corrected chi connectivity index (χ3v) is 9.35. The Labute approximate surface area is 329 Å². The molecule has 0 bridgehead atoms. The summed E-state index contributed by atoms with van der Waals surface area (Å²) in [7, 11) is 5.21. The molecule has 12 nitrogen and oxygen atoms in total. The number of hydrogen-bond acceptors (Lipinski definition) is 8. The molecule has 2 heterocycles. The molecule has 1 N–H and O–H groups in total. The van der Waals surface area contributed by atoms with E-state index in [1.165, 1.54) is 6.07 Å². The SMILES string of the molecule is COCCN(C(=O)c1ccc(CN(Cc2cnc[nH]2)c2cccc(N(CC(C)C)C(=O)C(C)C)c2)cc1F)c1cccc(N(C)Cc2cn(CCOC)cn2)c1. The zero-order valence-electron chi connectivity index (χ0n) is 33.6. The summed E-state index contributed by atoms with van der Waals surface area (Å²) in [5.74, 6) is -0.918. The molecular formula is C43H55FN8O4. The number of ether oxygens (including phenoxy) is 2. The average molecular weight is 767 g/mol. The summed E-state index contributed by atoms with van der Waals surface area (Å²) in [6.07, 6.45) is 7.16. The minimum Gasteiger partial charge on any atom is -0.383 e. The Balaban J connectivity index is 1.38. The second kappa shape index (κ2) is 19.9. The number of nitrogens with zero attached hydrogens (tertiary/aromatic N) is 7. The lowest BCUT2D eigenvalue weighted by atomic mass is 10.1. The highest BCUT2D eigenvalue weighted by Crippen LogP contribution is 2.29. The van der Waals surface area contributed by atoms with E-state index in [1.807, 2.05) is 85.1 Å². The van der Waals surface area contributed by atoms with E-state index in [0.29, 0.717) is 50.6 Å². The molecule has 0 saturated heterocycles. The molecule has 5 aromatic rings. The van der Waals surface area contributed by atoms with Crippen LogP contribution in [0.5, 0.6) is 0 Å². The Morgan fingerprint density at radius 2 is 1.55 bits per heavy atom. The van der Waals surface area contributed by atoms with Gasteiger partial charge in [-0.3, -0.25) is 9.59 Å². The summed E-state index contributed by atoms with van der Waals surface area (Å²) in [5.41, 5.74) is 5.57. The van der Waals surface area contributed by atoms with E-state index < -0.39 is 11.7 Å². The van der Waals surface area contributed by atoms with Gasteiger partial charge in [-0.1, -0.05) is 45.9 Å². The highest BCUT2D eigenvalue weighted by atomic mass is 19.1. The number of nitrogens with one attached hydrogen (secondary N) is 1. The standard InChI is InChI=1S/C43H55FN8O4/c1-31(2)24-52(42(53)32(3)4)39-13-9-11-37(22-39)50(28-34-23-45-29-46-34)25-33-14-15-40(41(44)20-33)43(54)51(17-19-56-7)38-12-8-10-36(21-38)48(5)26-35-27-49(30-47-35)16-18-55-6/h8-15,20-23,27,29-32H,16-19,24-26,28H2,1-7H3,(H,45,46). The Hall–Kier alpha value is -5.53. The molecule has 5 rings (SSSR count). The van der Waals surface area contributed by atoms with Crippen LogP contribution in [0.4, 0.5) is 27.1 Å². The highest BCUT2D eigenvalue weighted by Gasteiger charge is 2.24. The summed E-state index contributed by atoms with van der Waals surface area (Å²) < 4.78 is 28.7. The molecule has 3 aromatic carbocycles. The molecule has 0 fully saturated rings. The number of anilines is 4.